The van der Waals surface area contributed by atoms with Crippen LogP contribution in [0.5, 0.6) is 0 Å². The summed E-state index contributed by atoms with van der Waals surface area (Å²) in [6, 6.07) is 17.7. The summed E-state index contributed by atoms with van der Waals surface area (Å²) in [7, 11) is 0. The Morgan fingerprint density at radius 3 is 2.50 bits per heavy atom. The van der Waals surface area contributed by atoms with Crippen LogP contribution >= 0.6 is 0 Å². The second-order valence-corrected chi connectivity index (χ2v) is 8.63. The summed E-state index contributed by atoms with van der Waals surface area (Å²) in [5.41, 5.74) is 3.33. The molecule has 5 nitrogen and oxygen atoms in total. The maximum atomic E-state index is 12.8. The standard InChI is InChI=1S/C27H32N2O3/c1-3-14-29(19-22-18-26(30)32-25-17-20(4-2)10-11-24(22)25)23-12-15-28(16-13-23)27(31)21-8-6-5-7-9-21/h5-11,17-18,23H,3-4,12-16,19H2,1-2H3. The van der Waals surface area contributed by atoms with Crippen molar-refractivity contribution in [2.45, 2.75) is 52.1 Å². The lowest BCUT2D eigenvalue weighted by atomic mass is 10.00. The molecule has 168 valence electrons. The number of hydrogen-bond acceptors (Lipinski definition) is 4. The molecule has 4 rings (SSSR count). The number of nitrogens with zero attached hydrogens (tertiary/aromatic N) is 2. The van der Waals surface area contributed by atoms with E-state index in [4.69, 9.17) is 4.42 Å². The predicted octanol–water partition coefficient (Wildman–Crippen LogP) is 4.87. The average Bonchev–Trinajstić information content (AvgIpc) is 2.83. The van der Waals surface area contributed by atoms with Crippen molar-refractivity contribution in [1.29, 1.82) is 0 Å². The maximum absolute atomic E-state index is 12.8. The van der Waals surface area contributed by atoms with Gasteiger partial charge in [-0.05, 0) is 61.6 Å². The lowest BCUT2D eigenvalue weighted by Crippen LogP contribution is -2.46. The molecule has 0 bridgehead atoms. The fourth-order valence-electron chi connectivity index (χ4n) is 4.72. The molecule has 2 heterocycles. The van der Waals surface area contributed by atoms with Gasteiger partial charge in [-0.1, -0.05) is 44.2 Å². The number of amides is 1. The molecule has 0 atom stereocenters. The van der Waals surface area contributed by atoms with Gasteiger partial charge in [0, 0.05) is 42.7 Å². The summed E-state index contributed by atoms with van der Waals surface area (Å²) in [6.07, 6.45) is 3.84. The number of aryl methyl sites for hydroxylation is 1. The molecule has 5 heteroatoms. The van der Waals surface area contributed by atoms with E-state index in [-0.39, 0.29) is 11.5 Å². The van der Waals surface area contributed by atoms with Gasteiger partial charge >= 0.3 is 5.63 Å². The molecule has 1 aliphatic heterocycles. The van der Waals surface area contributed by atoms with E-state index in [0.29, 0.717) is 11.6 Å². The highest BCUT2D eigenvalue weighted by Crippen LogP contribution is 2.24. The van der Waals surface area contributed by atoms with Crippen LogP contribution in [0.2, 0.25) is 0 Å². The Bertz CT molecular complexity index is 1110. The first kappa shape index (κ1) is 22.3. The van der Waals surface area contributed by atoms with Gasteiger partial charge in [-0.25, -0.2) is 4.79 Å². The van der Waals surface area contributed by atoms with E-state index < -0.39 is 0 Å². The van der Waals surface area contributed by atoms with Gasteiger partial charge in [-0.3, -0.25) is 9.69 Å². The molecule has 32 heavy (non-hydrogen) atoms. The van der Waals surface area contributed by atoms with Crippen molar-refractivity contribution >= 4 is 16.9 Å². The van der Waals surface area contributed by atoms with Crippen molar-refractivity contribution in [2.75, 3.05) is 19.6 Å². The van der Waals surface area contributed by atoms with Crippen LogP contribution in [-0.2, 0) is 13.0 Å². The minimum absolute atomic E-state index is 0.115. The van der Waals surface area contributed by atoms with Gasteiger partial charge in [-0.15, -0.1) is 0 Å². The van der Waals surface area contributed by atoms with Crippen molar-refractivity contribution < 1.29 is 9.21 Å². The molecule has 0 radical (unpaired) electrons. The lowest BCUT2D eigenvalue weighted by molar-refractivity contribution is 0.0607. The second-order valence-electron chi connectivity index (χ2n) is 8.63. The van der Waals surface area contributed by atoms with Crippen LogP contribution in [0, 0.1) is 0 Å². The Hall–Kier alpha value is -2.92. The van der Waals surface area contributed by atoms with Gasteiger partial charge in [0.1, 0.15) is 5.58 Å². The number of rotatable bonds is 7. The first-order valence-corrected chi connectivity index (χ1v) is 11.7. The predicted molar refractivity (Wildman–Crippen MR) is 128 cm³/mol. The van der Waals surface area contributed by atoms with Gasteiger partial charge in [-0.2, -0.15) is 0 Å². The van der Waals surface area contributed by atoms with Crippen LogP contribution < -0.4 is 5.63 Å². The summed E-state index contributed by atoms with van der Waals surface area (Å²) in [5, 5.41) is 1.01. The molecule has 2 aromatic carbocycles. The normalized spacial score (nSPS) is 14.9. The first-order chi connectivity index (χ1) is 15.6. The van der Waals surface area contributed by atoms with Crippen molar-refractivity contribution in [3.8, 4) is 0 Å². The number of piperidine rings is 1. The quantitative estimate of drug-likeness (QED) is 0.500. The van der Waals surface area contributed by atoms with Crippen LogP contribution in [-0.4, -0.2) is 41.4 Å². The SMILES string of the molecule is CCCN(Cc1cc(=O)oc2cc(CC)ccc12)C1CCN(C(=O)c2ccccc2)CC1. The van der Waals surface area contributed by atoms with E-state index in [1.54, 1.807) is 6.07 Å². The average molecular weight is 433 g/mol. The van der Waals surface area contributed by atoms with Gasteiger partial charge in [0.25, 0.3) is 5.91 Å². The molecule has 1 amide bonds. The fraction of sp³-hybridized carbons (Fsp3) is 0.407. The Balaban J connectivity index is 1.49. The minimum atomic E-state index is -0.291. The van der Waals surface area contributed by atoms with Crippen LogP contribution in [0.4, 0.5) is 0 Å². The molecule has 3 aromatic rings. The van der Waals surface area contributed by atoms with Gasteiger partial charge < -0.3 is 9.32 Å². The third kappa shape index (κ3) is 4.94. The Labute approximate surface area is 189 Å². The topological polar surface area (TPSA) is 53.8 Å². The number of fused-ring (bicyclic) bond motifs is 1. The fourth-order valence-corrected chi connectivity index (χ4v) is 4.72. The highest BCUT2D eigenvalue weighted by Gasteiger charge is 2.27. The number of benzene rings is 2. The number of likely N-dealkylation sites (tertiary alicyclic amines) is 1. The van der Waals surface area contributed by atoms with Crippen LogP contribution in [0.1, 0.15) is 54.6 Å². The van der Waals surface area contributed by atoms with Gasteiger partial charge in [0.15, 0.2) is 0 Å². The Kier molecular flexibility index (Phi) is 7.05. The minimum Gasteiger partial charge on any atom is -0.423 e. The summed E-state index contributed by atoms with van der Waals surface area (Å²) in [4.78, 5) is 29.5. The second kappa shape index (κ2) is 10.1. The van der Waals surface area contributed by atoms with E-state index in [2.05, 4.69) is 30.9 Å². The molecule has 0 unspecified atom stereocenters. The molecule has 0 aliphatic carbocycles. The third-order valence-corrected chi connectivity index (χ3v) is 6.48. The van der Waals surface area contributed by atoms with E-state index in [1.165, 1.54) is 5.56 Å². The highest BCUT2D eigenvalue weighted by atomic mass is 16.4. The van der Waals surface area contributed by atoms with E-state index >= 15 is 0 Å². The van der Waals surface area contributed by atoms with Crippen LogP contribution in [0.25, 0.3) is 11.0 Å². The van der Waals surface area contributed by atoms with Crippen molar-refractivity contribution in [3.63, 3.8) is 0 Å². The lowest BCUT2D eigenvalue weighted by Gasteiger charge is -2.38. The van der Waals surface area contributed by atoms with Gasteiger partial charge in [0.05, 0.1) is 0 Å². The van der Waals surface area contributed by atoms with Crippen molar-refractivity contribution in [2.24, 2.45) is 0 Å². The molecular formula is C27H32N2O3. The van der Waals surface area contributed by atoms with E-state index in [0.717, 1.165) is 68.4 Å². The zero-order valence-electron chi connectivity index (χ0n) is 19.0. The molecule has 1 aliphatic rings. The Morgan fingerprint density at radius 2 is 1.81 bits per heavy atom. The van der Waals surface area contributed by atoms with E-state index in [1.807, 2.05) is 41.3 Å². The number of carbonyl (C=O) groups excluding carboxylic acids is 1. The summed E-state index contributed by atoms with van der Waals surface area (Å²) in [5.74, 6) is 0.115. The summed E-state index contributed by atoms with van der Waals surface area (Å²) in [6.45, 7) is 7.49. The number of carbonyl (C=O) groups is 1. The molecule has 0 N–H and O–H groups in total. The van der Waals surface area contributed by atoms with Gasteiger partial charge in [0.2, 0.25) is 0 Å². The van der Waals surface area contributed by atoms with Crippen LogP contribution in [0.3, 0.4) is 0 Å². The molecule has 1 saturated heterocycles. The first-order valence-electron chi connectivity index (χ1n) is 11.7. The third-order valence-electron chi connectivity index (χ3n) is 6.48. The Morgan fingerprint density at radius 1 is 1.06 bits per heavy atom. The summed E-state index contributed by atoms with van der Waals surface area (Å²) >= 11 is 0. The monoisotopic (exact) mass is 432 g/mol. The zero-order valence-corrected chi connectivity index (χ0v) is 19.0. The summed E-state index contributed by atoms with van der Waals surface area (Å²) < 4.78 is 5.50. The smallest absolute Gasteiger partial charge is 0.336 e. The molecule has 0 spiro atoms. The molecule has 1 fully saturated rings. The maximum Gasteiger partial charge on any atom is 0.336 e. The van der Waals surface area contributed by atoms with Crippen LogP contribution in [0.15, 0.2) is 63.8 Å². The number of hydrogen-bond donors (Lipinski definition) is 0. The molecular weight excluding hydrogens is 400 g/mol. The zero-order chi connectivity index (χ0) is 22.5. The van der Waals surface area contributed by atoms with E-state index in [9.17, 15) is 9.59 Å². The van der Waals surface area contributed by atoms with Crippen molar-refractivity contribution in [1.82, 2.24) is 9.80 Å². The molecule has 1 aromatic heterocycles. The van der Waals surface area contributed by atoms with Crippen molar-refractivity contribution in [3.05, 3.63) is 81.7 Å². The molecule has 0 saturated carbocycles. The highest BCUT2D eigenvalue weighted by molar-refractivity contribution is 5.94. The largest absolute Gasteiger partial charge is 0.423 e.